The first-order valence-corrected chi connectivity index (χ1v) is 50.9. The van der Waals surface area contributed by atoms with Gasteiger partial charge in [0.15, 0.2) is 0 Å². The Bertz CT molecular complexity index is 6120. The lowest BCUT2D eigenvalue weighted by Gasteiger charge is -2.35. The fraction of sp³-hybridized carbons (Fsp3) is 0.359. The zero-order chi connectivity index (χ0) is 91.2. The van der Waals surface area contributed by atoms with E-state index in [0.29, 0.717) is 47.3 Å². The zero-order valence-corrected chi connectivity index (χ0v) is 82.1. The average molecular weight is 1720 g/mol. The predicted molar refractivity (Wildman–Crippen MR) is 565 cm³/mol. The quantitative estimate of drug-likeness (QED) is 0.0394. The van der Waals surface area contributed by atoms with E-state index in [1.807, 2.05) is 0 Å². The van der Waals surface area contributed by atoms with Gasteiger partial charge in [-0.15, -0.1) is 0 Å². The lowest BCUT2D eigenvalue weighted by Crippen LogP contribution is -2.27. The number of rotatable bonds is 32. The predicted octanol–water partition coefficient (Wildman–Crippen LogP) is 37.9. The Labute approximate surface area is 787 Å². The van der Waals surface area contributed by atoms with Crippen LogP contribution in [0, 0.1) is 47.3 Å². The lowest BCUT2D eigenvalue weighted by molar-refractivity contribution is 0.364. The summed E-state index contributed by atoms with van der Waals surface area (Å²) >= 11 is 0. The molecule has 0 saturated heterocycles. The molecule has 14 aromatic rings. The van der Waals surface area contributed by atoms with Gasteiger partial charge in [-0.2, -0.15) is 0 Å². The molecule has 5 aliphatic rings. The van der Waals surface area contributed by atoms with E-state index >= 15 is 0 Å². The average Bonchev–Trinajstić information content (AvgIpc) is 1.55. The fourth-order valence-corrected chi connectivity index (χ4v) is 24.6. The summed E-state index contributed by atoms with van der Waals surface area (Å²) in [5, 5.41) is 0. The summed E-state index contributed by atoms with van der Waals surface area (Å²) in [6, 6.07) is 118. The van der Waals surface area contributed by atoms with Gasteiger partial charge in [-0.25, -0.2) is 0 Å². The maximum atomic E-state index is 2.76. The van der Waals surface area contributed by atoms with Gasteiger partial charge in [-0.3, -0.25) is 0 Å². The largest absolute Gasteiger partial charge is 0.0628 e. The first-order chi connectivity index (χ1) is 63.1. The van der Waals surface area contributed by atoms with Crippen molar-refractivity contribution in [3.63, 3.8) is 0 Å². The Balaban J connectivity index is 0.879. The fourth-order valence-electron chi connectivity index (χ4n) is 24.6. The molecule has 131 heavy (non-hydrogen) atoms. The summed E-state index contributed by atoms with van der Waals surface area (Å²) in [6.45, 7) is 44.4. The van der Waals surface area contributed by atoms with Crippen LogP contribution in [0.3, 0.4) is 0 Å². The van der Waals surface area contributed by atoms with Gasteiger partial charge in [0.05, 0.1) is 0 Å². The highest BCUT2D eigenvalue weighted by atomic mass is 14.5. The summed E-state index contributed by atoms with van der Waals surface area (Å²) in [7, 11) is 0. The summed E-state index contributed by atoms with van der Waals surface area (Å²) in [6.07, 6.45) is 17.9. The van der Waals surface area contributed by atoms with Crippen LogP contribution in [0.4, 0.5) is 0 Å². The van der Waals surface area contributed by atoms with Crippen molar-refractivity contribution in [2.75, 3.05) is 0 Å². The van der Waals surface area contributed by atoms with Crippen LogP contribution in [0.15, 0.2) is 291 Å². The topological polar surface area (TPSA) is 0 Å². The normalized spacial score (nSPS) is 15.1. The monoisotopic (exact) mass is 1720 g/mol. The van der Waals surface area contributed by atoms with E-state index in [2.05, 4.69) is 416 Å². The minimum atomic E-state index is -0.415. The Morgan fingerprint density at radius 3 is 0.481 bits per heavy atom. The third-order valence-electron chi connectivity index (χ3n) is 32.3. The lowest BCUT2D eigenvalue weighted by atomic mass is 9.68. The Morgan fingerprint density at radius 1 is 0.145 bits per heavy atom. The van der Waals surface area contributed by atoms with Gasteiger partial charge in [-0.1, -0.05) is 343 Å². The molecular formula is C131H142. The summed E-state index contributed by atoms with van der Waals surface area (Å²) in [5.41, 5.74) is 48.6. The van der Waals surface area contributed by atoms with Gasteiger partial charge in [-0.05, 0) is 423 Å². The summed E-state index contributed by atoms with van der Waals surface area (Å²) in [4.78, 5) is 0. The van der Waals surface area contributed by atoms with E-state index in [-0.39, 0.29) is 21.7 Å². The Morgan fingerprint density at radius 2 is 0.305 bits per heavy atom. The van der Waals surface area contributed by atoms with E-state index in [0.717, 1.165) is 103 Å². The first kappa shape index (κ1) is 89.3. The molecule has 0 radical (unpaired) electrons. The van der Waals surface area contributed by atoms with Crippen molar-refractivity contribution >= 4 is 0 Å². The maximum absolute atomic E-state index is 2.76. The number of hydrogen-bond acceptors (Lipinski definition) is 0. The third-order valence-corrected chi connectivity index (χ3v) is 32.3. The second kappa shape index (κ2) is 35.9. The highest BCUT2D eigenvalue weighted by Crippen LogP contribution is 2.64. The second-order valence-corrected chi connectivity index (χ2v) is 44.8. The molecule has 5 aliphatic carbocycles. The highest BCUT2D eigenvalue weighted by Gasteiger charge is 2.50. The number of fused-ring (bicyclic) bond motifs is 15. The van der Waals surface area contributed by atoms with Crippen LogP contribution in [0.2, 0.25) is 0 Å². The van der Waals surface area contributed by atoms with Crippen molar-refractivity contribution in [1.82, 2.24) is 0 Å². The minimum Gasteiger partial charge on any atom is -0.0628 e. The van der Waals surface area contributed by atoms with E-state index < -0.39 is 5.41 Å². The van der Waals surface area contributed by atoms with Crippen LogP contribution < -0.4 is 0 Å². The molecule has 0 saturated carbocycles. The van der Waals surface area contributed by atoms with E-state index in [1.165, 1.54) is 200 Å². The molecule has 0 amide bonds. The van der Waals surface area contributed by atoms with Crippen LogP contribution in [0.25, 0.3) is 145 Å². The molecule has 0 aromatic heterocycles. The molecule has 0 heteroatoms. The van der Waals surface area contributed by atoms with E-state index in [1.54, 1.807) is 0 Å². The van der Waals surface area contributed by atoms with Crippen LogP contribution >= 0.6 is 0 Å². The molecule has 0 heterocycles. The number of benzene rings is 14. The zero-order valence-electron chi connectivity index (χ0n) is 82.1. The maximum Gasteiger partial charge on any atom is 0.0215 e. The second-order valence-electron chi connectivity index (χ2n) is 44.8. The first-order valence-electron chi connectivity index (χ1n) is 50.9. The Kier molecular flexibility index (Phi) is 24.5. The number of hydrogen-bond donors (Lipinski definition) is 0. The van der Waals surface area contributed by atoms with Crippen molar-refractivity contribution in [2.24, 2.45) is 47.3 Å². The summed E-state index contributed by atoms with van der Waals surface area (Å²) in [5.74, 6) is 4.39. The van der Waals surface area contributed by atoms with Gasteiger partial charge < -0.3 is 0 Å². The SMILES string of the molecule is CC(C)CCC1(CCC(C)C)c2cc(-c3ccccc3)ccc2-c2ccc(-c3cc4c(cc3-c3ccc5c(c3)C(CCC(C)C)(CCC(C)C)c3cc(-c6ccccc6)ccc3-5)C(C)(C)c3cc(-c5ccc6c(c5)C(CCC(C)C)(CCC(C)C)c5cc(-c7ccccc7)ccc5-6)c(-c5ccc6c(c5)C(CCC(C)C)(CCC(C)C)c5cc(-c7ccccc7)ccc5-6)cc3-4)cc21. The van der Waals surface area contributed by atoms with Crippen LogP contribution in [0.5, 0.6) is 0 Å². The van der Waals surface area contributed by atoms with E-state index in [4.69, 9.17) is 0 Å². The van der Waals surface area contributed by atoms with Crippen LogP contribution in [-0.4, -0.2) is 0 Å². The molecule has 0 fully saturated rings. The molecule has 0 spiro atoms. The van der Waals surface area contributed by atoms with E-state index in [9.17, 15) is 0 Å². The molecule has 0 aliphatic heterocycles. The molecule has 0 atom stereocenters. The van der Waals surface area contributed by atoms with Crippen molar-refractivity contribution in [3.05, 3.63) is 347 Å². The van der Waals surface area contributed by atoms with Crippen LogP contribution in [0.1, 0.15) is 283 Å². The van der Waals surface area contributed by atoms with Gasteiger partial charge in [0.1, 0.15) is 0 Å². The molecule has 666 valence electrons. The molecule has 0 nitrogen and oxygen atoms in total. The molecule has 0 bridgehead atoms. The standard InChI is InChI=1S/C131H142/c1-83(2)55-63-128(64-56-84(3)4)119-71-95(91-31-23-19-24-32-91)39-47-103(119)107-51-43-99(75-123(107)128)111-79-115-116-80-112(100-44-52-108-104-48-40-96(92-33-25-20-26-34-92)72-120(104)129(124(108)76-100,65-57-85(5)6)66-58-86(7)8)114(102-46-54-110-106-50-42-98(94-37-29-22-30-38-94)74-122(106)131(126(110)78-102,69-61-89(13)14)70-62-90(15)16)82-118(116)127(17,18)117(115)81-113(111)101-45-53-109-105-49-41-97(93-35-27-21-28-36-93)73-121(105)130(125(109)77-101,67-59-87(9)10)68-60-88(11)12/h19-54,71-90H,55-70H2,1-18H3. The van der Waals surface area contributed by atoms with Gasteiger partial charge in [0, 0.05) is 27.1 Å². The van der Waals surface area contributed by atoms with Crippen molar-refractivity contribution < 1.29 is 0 Å². The van der Waals surface area contributed by atoms with Gasteiger partial charge in [0.2, 0.25) is 0 Å². The summed E-state index contributed by atoms with van der Waals surface area (Å²) < 4.78 is 0. The smallest absolute Gasteiger partial charge is 0.0215 e. The van der Waals surface area contributed by atoms with Crippen molar-refractivity contribution in [1.29, 1.82) is 0 Å². The highest BCUT2D eigenvalue weighted by molar-refractivity contribution is 6.01. The van der Waals surface area contributed by atoms with Crippen molar-refractivity contribution in [3.8, 4) is 145 Å². The van der Waals surface area contributed by atoms with Crippen molar-refractivity contribution in [2.45, 2.75) is 254 Å². The molecular weight excluding hydrogens is 1570 g/mol. The molecule has 0 N–H and O–H groups in total. The molecule has 0 unspecified atom stereocenters. The third kappa shape index (κ3) is 16.2. The molecule has 14 aromatic carbocycles. The van der Waals surface area contributed by atoms with Crippen LogP contribution in [-0.2, 0) is 27.1 Å². The Hall–Kier alpha value is -10.9. The molecule has 19 rings (SSSR count). The minimum absolute atomic E-state index is 0.189. The van der Waals surface area contributed by atoms with Gasteiger partial charge in [0.25, 0.3) is 0 Å². The van der Waals surface area contributed by atoms with Gasteiger partial charge >= 0.3 is 0 Å².